The summed E-state index contributed by atoms with van der Waals surface area (Å²) in [6.07, 6.45) is 6.55. The van der Waals surface area contributed by atoms with E-state index < -0.39 is 11.0 Å². The van der Waals surface area contributed by atoms with Crippen LogP contribution in [-0.2, 0) is 11.3 Å². The molecule has 8 nitrogen and oxygen atoms in total. The van der Waals surface area contributed by atoms with E-state index in [0.717, 1.165) is 28.8 Å². The molecule has 9 heteroatoms. The van der Waals surface area contributed by atoms with Crippen LogP contribution < -0.4 is 9.64 Å². The molecule has 1 saturated heterocycles. The Labute approximate surface area is 226 Å². The molecule has 0 saturated carbocycles. The standard InChI is InChI=1S/C28H34BrN5O3/c1-27(2,3)28(36,18-34-21-30-20-31-34)19-37-25-11-9-24(10-12-25)32-14-16-33(17-15-32)26(35)13-6-22-4-7-23(29)8-5-22/h4-13,20-21,36H,14-19H2,1-3H3/b13-6+. The summed E-state index contributed by atoms with van der Waals surface area (Å²) in [5.41, 5.74) is 0.521. The molecular weight excluding hydrogens is 534 g/mol. The molecule has 0 radical (unpaired) electrons. The second-order valence-electron chi connectivity index (χ2n) is 10.4. The van der Waals surface area contributed by atoms with Crippen molar-refractivity contribution in [2.75, 3.05) is 37.7 Å². The number of aliphatic hydroxyl groups is 1. The van der Waals surface area contributed by atoms with Crippen molar-refractivity contribution >= 4 is 33.6 Å². The molecule has 2 aromatic carbocycles. The van der Waals surface area contributed by atoms with E-state index in [1.165, 1.54) is 6.33 Å². The number of hydrogen-bond acceptors (Lipinski definition) is 6. The third kappa shape index (κ3) is 6.99. The van der Waals surface area contributed by atoms with Crippen LogP contribution in [0.5, 0.6) is 5.75 Å². The second kappa shape index (κ2) is 11.5. The lowest BCUT2D eigenvalue weighted by Gasteiger charge is -2.39. The van der Waals surface area contributed by atoms with Gasteiger partial charge in [-0.05, 0) is 53.5 Å². The number of rotatable bonds is 8. The summed E-state index contributed by atoms with van der Waals surface area (Å²) >= 11 is 3.42. The zero-order valence-electron chi connectivity index (χ0n) is 21.5. The predicted octanol–water partition coefficient (Wildman–Crippen LogP) is 4.26. The number of carbonyl (C=O) groups is 1. The maximum Gasteiger partial charge on any atom is 0.246 e. The Morgan fingerprint density at radius 1 is 1.05 bits per heavy atom. The van der Waals surface area contributed by atoms with Gasteiger partial charge in [-0.2, -0.15) is 5.10 Å². The molecule has 3 aromatic rings. The molecule has 1 aliphatic heterocycles. The van der Waals surface area contributed by atoms with Crippen molar-refractivity contribution in [2.45, 2.75) is 32.9 Å². The fraction of sp³-hybridized carbons (Fsp3) is 0.393. The van der Waals surface area contributed by atoms with Gasteiger partial charge in [0.05, 0.1) is 6.54 Å². The molecule has 1 unspecified atom stereocenters. The van der Waals surface area contributed by atoms with Crippen LogP contribution in [0.2, 0.25) is 0 Å². The number of ether oxygens (including phenoxy) is 1. The van der Waals surface area contributed by atoms with Crippen molar-refractivity contribution in [2.24, 2.45) is 5.41 Å². The minimum Gasteiger partial charge on any atom is -0.490 e. The van der Waals surface area contributed by atoms with E-state index in [1.54, 1.807) is 17.1 Å². The molecule has 1 aliphatic rings. The van der Waals surface area contributed by atoms with Crippen LogP contribution in [-0.4, -0.2) is 69.1 Å². The van der Waals surface area contributed by atoms with Crippen molar-refractivity contribution in [3.05, 3.63) is 77.3 Å². The van der Waals surface area contributed by atoms with Gasteiger partial charge in [0.25, 0.3) is 0 Å². The fourth-order valence-electron chi connectivity index (χ4n) is 4.07. The average Bonchev–Trinajstić information content (AvgIpc) is 3.39. The average molecular weight is 569 g/mol. The summed E-state index contributed by atoms with van der Waals surface area (Å²) in [6, 6.07) is 15.8. The minimum atomic E-state index is -1.13. The molecule has 37 heavy (non-hydrogen) atoms. The molecule has 2 heterocycles. The lowest BCUT2D eigenvalue weighted by atomic mass is 9.77. The first-order chi connectivity index (χ1) is 17.6. The fourth-order valence-corrected chi connectivity index (χ4v) is 4.33. The van der Waals surface area contributed by atoms with Gasteiger partial charge >= 0.3 is 0 Å². The van der Waals surface area contributed by atoms with Gasteiger partial charge in [-0.15, -0.1) is 0 Å². The van der Waals surface area contributed by atoms with Crippen molar-refractivity contribution in [1.29, 1.82) is 0 Å². The topological polar surface area (TPSA) is 83.7 Å². The molecular formula is C28H34BrN5O3. The number of nitrogens with zero attached hydrogens (tertiary/aromatic N) is 5. The number of anilines is 1. The van der Waals surface area contributed by atoms with Gasteiger partial charge in [0.2, 0.25) is 5.91 Å². The van der Waals surface area contributed by atoms with E-state index in [2.05, 4.69) is 30.9 Å². The van der Waals surface area contributed by atoms with Crippen LogP contribution in [0.25, 0.3) is 6.08 Å². The maximum absolute atomic E-state index is 12.6. The Morgan fingerprint density at radius 3 is 2.32 bits per heavy atom. The van der Waals surface area contributed by atoms with Gasteiger partial charge in [0.15, 0.2) is 0 Å². The molecule has 4 rings (SSSR count). The van der Waals surface area contributed by atoms with E-state index >= 15 is 0 Å². The highest BCUT2D eigenvalue weighted by Gasteiger charge is 2.41. The van der Waals surface area contributed by atoms with Gasteiger partial charge in [-0.25, -0.2) is 9.67 Å². The Bertz CT molecular complexity index is 1180. The summed E-state index contributed by atoms with van der Waals surface area (Å²) in [5.74, 6) is 0.723. The smallest absolute Gasteiger partial charge is 0.246 e. The lowest BCUT2D eigenvalue weighted by molar-refractivity contribution is -0.126. The highest BCUT2D eigenvalue weighted by atomic mass is 79.9. The Hall–Kier alpha value is -3.17. The number of halogens is 1. The van der Waals surface area contributed by atoms with Gasteiger partial charge < -0.3 is 19.6 Å². The van der Waals surface area contributed by atoms with E-state index in [0.29, 0.717) is 18.8 Å². The Kier molecular flexibility index (Phi) is 8.34. The molecule has 1 fully saturated rings. The largest absolute Gasteiger partial charge is 0.490 e. The molecule has 0 spiro atoms. The predicted molar refractivity (Wildman–Crippen MR) is 148 cm³/mol. The van der Waals surface area contributed by atoms with E-state index in [-0.39, 0.29) is 19.1 Å². The molecule has 196 valence electrons. The first-order valence-corrected chi connectivity index (χ1v) is 13.2. The molecule has 1 N–H and O–H groups in total. The summed E-state index contributed by atoms with van der Waals surface area (Å²) in [4.78, 5) is 20.7. The van der Waals surface area contributed by atoms with Crippen LogP contribution >= 0.6 is 15.9 Å². The van der Waals surface area contributed by atoms with Gasteiger partial charge in [-0.3, -0.25) is 4.79 Å². The van der Waals surface area contributed by atoms with E-state index in [1.807, 2.05) is 80.3 Å². The highest BCUT2D eigenvalue weighted by Crippen LogP contribution is 2.33. The first-order valence-electron chi connectivity index (χ1n) is 12.4. The first kappa shape index (κ1) is 26.9. The summed E-state index contributed by atoms with van der Waals surface area (Å²) in [7, 11) is 0. The van der Waals surface area contributed by atoms with Crippen LogP contribution in [0.3, 0.4) is 0 Å². The third-order valence-electron chi connectivity index (χ3n) is 6.85. The summed E-state index contributed by atoms with van der Waals surface area (Å²) < 4.78 is 8.65. The van der Waals surface area contributed by atoms with Crippen LogP contribution in [0, 0.1) is 5.41 Å². The van der Waals surface area contributed by atoms with Crippen LogP contribution in [0.15, 0.2) is 71.7 Å². The number of amides is 1. The number of aromatic nitrogens is 3. The van der Waals surface area contributed by atoms with Crippen molar-refractivity contribution in [3.63, 3.8) is 0 Å². The number of carbonyl (C=O) groups excluding carboxylic acids is 1. The van der Waals surface area contributed by atoms with Gasteiger partial charge in [0.1, 0.15) is 30.6 Å². The monoisotopic (exact) mass is 567 g/mol. The van der Waals surface area contributed by atoms with Crippen molar-refractivity contribution in [3.8, 4) is 5.75 Å². The SMILES string of the molecule is CC(C)(C)C(O)(COc1ccc(N2CCN(C(=O)/C=C/c3ccc(Br)cc3)CC2)cc1)Cn1cncn1. The molecule has 1 aromatic heterocycles. The zero-order valence-corrected chi connectivity index (χ0v) is 23.1. The van der Waals surface area contributed by atoms with E-state index in [4.69, 9.17) is 4.74 Å². The van der Waals surface area contributed by atoms with Gasteiger partial charge in [-0.1, -0.05) is 48.8 Å². The summed E-state index contributed by atoms with van der Waals surface area (Å²) in [6.45, 7) is 9.23. The third-order valence-corrected chi connectivity index (χ3v) is 7.37. The van der Waals surface area contributed by atoms with Gasteiger partial charge in [0, 0.05) is 42.4 Å². The second-order valence-corrected chi connectivity index (χ2v) is 11.3. The van der Waals surface area contributed by atoms with E-state index in [9.17, 15) is 9.90 Å². The molecule has 0 bridgehead atoms. The minimum absolute atomic E-state index is 0.0311. The summed E-state index contributed by atoms with van der Waals surface area (Å²) in [5, 5.41) is 15.5. The van der Waals surface area contributed by atoms with Crippen molar-refractivity contribution < 1.29 is 14.6 Å². The number of benzene rings is 2. The maximum atomic E-state index is 12.6. The number of hydrogen-bond donors (Lipinski definition) is 1. The Morgan fingerprint density at radius 2 is 1.73 bits per heavy atom. The normalized spacial score (nSPS) is 16.1. The number of piperazine rings is 1. The lowest BCUT2D eigenvalue weighted by Crippen LogP contribution is -2.51. The molecule has 0 aliphatic carbocycles. The van der Waals surface area contributed by atoms with Crippen LogP contribution in [0.4, 0.5) is 5.69 Å². The van der Waals surface area contributed by atoms with Crippen LogP contribution in [0.1, 0.15) is 26.3 Å². The van der Waals surface area contributed by atoms with Crippen molar-refractivity contribution in [1.82, 2.24) is 19.7 Å². The quantitative estimate of drug-likeness (QED) is 0.409. The zero-order chi connectivity index (χ0) is 26.5. The highest BCUT2D eigenvalue weighted by molar-refractivity contribution is 9.10. The molecule has 1 atom stereocenters. The molecule has 1 amide bonds. The Balaban J connectivity index is 1.29.